The quantitative estimate of drug-likeness (QED) is 0.623. The van der Waals surface area contributed by atoms with Gasteiger partial charge in [-0.2, -0.15) is 0 Å². The molecule has 0 amide bonds. The molecule has 0 aliphatic carbocycles. The van der Waals surface area contributed by atoms with Gasteiger partial charge in [-0.25, -0.2) is 0 Å². The maximum absolute atomic E-state index is 8.97. The Hall–Kier alpha value is -1.26. The second kappa shape index (κ2) is 7.96. The maximum Gasteiger partial charge on any atom is 0.505 e. The monoisotopic (exact) mass is 221 g/mol. The molecule has 3 nitrogen and oxygen atoms in total. The highest BCUT2D eigenvalue weighted by atomic mass is 16.4. The lowest BCUT2D eigenvalue weighted by Crippen LogP contribution is -2.32. The fourth-order valence-electron chi connectivity index (χ4n) is 1.29. The van der Waals surface area contributed by atoms with Crippen molar-refractivity contribution >= 4 is 24.9 Å². The van der Waals surface area contributed by atoms with E-state index in [9.17, 15) is 0 Å². The number of aromatic nitrogens is 1. The van der Waals surface area contributed by atoms with E-state index in [2.05, 4.69) is 11.6 Å². The lowest BCUT2D eigenvalue weighted by atomic mass is 9.87. The third kappa shape index (κ3) is 4.09. The van der Waals surface area contributed by atoms with E-state index >= 15 is 0 Å². The van der Waals surface area contributed by atoms with Gasteiger partial charge in [0, 0.05) is 10.9 Å². The first-order valence-corrected chi connectivity index (χ1v) is 5.57. The summed E-state index contributed by atoms with van der Waals surface area (Å²) in [6, 6.07) is 1.73. The molecule has 1 aromatic rings. The van der Waals surface area contributed by atoms with E-state index < -0.39 is 7.12 Å². The first-order valence-electron chi connectivity index (χ1n) is 5.57. The molecule has 0 aliphatic rings. The van der Waals surface area contributed by atoms with Crippen molar-refractivity contribution in [2.75, 3.05) is 0 Å². The van der Waals surface area contributed by atoms with Crippen molar-refractivity contribution in [3.05, 3.63) is 29.3 Å². The van der Waals surface area contributed by atoms with Crippen LogP contribution >= 0.6 is 0 Å². The van der Waals surface area contributed by atoms with Gasteiger partial charge in [0.15, 0.2) is 0 Å². The van der Waals surface area contributed by atoms with Crippen LogP contribution in [0.2, 0.25) is 0 Å². The number of hydrogen-bond acceptors (Lipinski definition) is 2. The summed E-state index contributed by atoms with van der Waals surface area (Å²) in [6.45, 7) is 9.62. The van der Waals surface area contributed by atoms with Crippen molar-refractivity contribution in [2.45, 2.75) is 27.2 Å². The van der Waals surface area contributed by atoms with Crippen LogP contribution < -0.4 is 16.2 Å². The van der Waals surface area contributed by atoms with E-state index in [4.69, 9.17) is 10.0 Å². The van der Waals surface area contributed by atoms with Crippen LogP contribution in [0.15, 0.2) is 18.7 Å². The van der Waals surface area contributed by atoms with Crippen LogP contribution in [0.1, 0.15) is 27.2 Å². The number of H-pyrrole nitrogens is 1. The molecule has 0 aliphatic heterocycles. The fraction of sp³-hybridized carbons (Fsp3) is 0.333. The molecule has 0 bridgehead atoms. The predicted molar refractivity (Wildman–Crippen MR) is 70.6 cm³/mol. The highest BCUT2D eigenvalue weighted by molar-refractivity contribution is 6.57. The summed E-state index contributed by atoms with van der Waals surface area (Å²) < 4.78 is 0. The minimum absolute atomic E-state index is 0.401. The second-order valence-electron chi connectivity index (χ2n) is 2.98. The van der Waals surface area contributed by atoms with Gasteiger partial charge in [-0.1, -0.05) is 39.5 Å². The minimum atomic E-state index is -1.45. The molecule has 1 heterocycles. The summed E-state index contributed by atoms with van der Waals surface area (Å²) in [5.41, 5.74) is 0.401. The van der Waals surface area contributed by atoms with Crippen molar-refractivity contribution in [1.29, 1.82) is 0 Å². The molecule has 4 heteroatoms. The summed E-state index contributed by atoms with van der Waals surface area (Å²) in [7, 11) is -1.45. The van der Waals surface area contributed by atoms with Crippen LogP contribution in [-0.2, 0) is 0 Å². The summed E-state index contributed by atoms with van der Waals surface area (Å²) in [4.78, 5) is 2.91. The molecule has 0 unspecified atom stereocenters. The van der Waals surface area contributed by atoms with Gasteiger partial charge in [-0.15, -0.1) is 0 Å². The Labute approximate surface area is 97.0 Å². The molecular weight excluding hydrogens is 201 g/mol. The number of rotatable bonds is 3. The van der Waals surface area contributed by atoms with Gasteiger partial charge < -0.3 is 15.0 Å². The molecule has 0 fully saturated rings. The van der Waals surface area contributed by atoms with Crippen LogP contribution in [-0.4, -0.2) is 22.2 Å². The van der Waals surface area contributed by atoms with E-state index in [1.165, 1.54) is 0 Å². The Balaban J connectivity index is 0.00000106. The normalized spacial score (nSPS) is 12.1. The van der Waals surface area contributed by atoms with E-state index in [1.54, 1.807) is 18.2 Å². The second-order valence-corrected chi connectivity index (χ2v) is 2.98. The first-order chi connectivity index (χ1) is 7.69. The highest BCUT2D eigenvalue weighted by Crippen LogP contribution is 1.75. The number of nitrogens with one attached hydrogen (secondary N) is 1. The third-order valence-electron chi connectivity index (χ3n) is 1.89. The van der Waals surface area contributed by atoms with Crippen molar-refractivity contribution in [1.82, 2.24) is 4.98 Å². The van der Waals surface area contributed by atoms with Gasteiger partial charge in [0.25, 0.3) is 0 Å². The lowest BCUT2D eigenvalue weighted by molar-refractivity contribution is 0.424. The SMILES string of the molecule is C=C/C=c1/[nH]c(B(O)O)c/c1=C/CC.CC. The average Bonchev–Trinajstić information content (AvgIpc) is 2.66. The van der Waals surface area contributed by atoms with Gasteiger partial charge in [0.2, 0.25) is 0 Å². The van der Waals surface area contributed by atoms with Crippen molar-refractivity contribution in [3.8, 4) is 0 Å². The molecule has 0 atom stereocenters. The van der Waals surface area contributed by atoms with Gasteiger partial charge in [0.05, 0.1) is 0 Å². The molecule has 0 aromatic carbocycles. The molecule has 0 saturated carbocycles. The van der Waals surface area contributed by atoms with Crippen LogP contribution in [0.3, 0.4) is 0 Å². The van der Waals surface area contributed by atoms with E-state index in [0.717, 1.165) is 17.0 Å². The van der Waals surface area contributed by atoms with E-state index in [0.29, 0.717) is 5.59 Å². The maximum atomic E-state index is 8.97. The standard InChI is InChI=1S/C10H14BNO2.C2H6/c1-3-5-8-7-10(11(13)14)12-9(8)6-4-2;1-2/h4-7,12-14H,2-3H2,1H3;1-2H3/b8-5-,9-6+;. The van der Waals surface area contributed by atoms with Crippen LogP contribution in [0.25, 0.3) is 12.2 Å². The Morgan fingerprint density at radius 3 is 2.50 bits per heavy atom. The third-order valence-corrected chi connectivity index (χ3v) is 1.89. The van der Waals surface area contributed by atoms with Gasteiger partial charge in [0.1, 0.15) is 0 Å². The Bertz CT molecular complexity index is 421. The van der Waals surface area contributed by atoms with Crippen LogP contribution in [0.5, 0.6) is 0 Å². The number of allylic oxidation sites excluding steroid dienone is 1. The summed E-state index contributed by atoms with van der Waals surface area (Å²) >= 11 is 0. The Morgan fingerprint density at radius 2 is 2.06 bits per heavy atom. The molecule has 0 radical (unpaired) electrons. The number of hydrogen-bond donors (Lipinski definition) is 3. The topological polar surface area (TPSA) is 56.2 Å². The molecular formula is C12H20BNO2. The zero-order valence-corrected chi connectivity index (χ0v) is 10.2. The molecule has 88 valence electrons. The zero-order valence-electron chi connectivity index (χ0n) is 10.2. The lowest BCUT2D eigenvalue weighted by Gasteiger charge is -1.89. The predicted octanol–water partition coefficient (Wildman–Crippen LogP) is -0.122. The van der Waals surface area contributed by atoms with Crippen LogP contribution in [0.4, 0.5) is 0 Å². The molecule has 0 spiro atoms. The molecule has 16 heavy (non-hydrogen) atoms. The number of aromatic amines is 1. The zero-order chi connectivity index (χ0) is 12.6. The molecule has 1 aromatic heterocycles. The summed E-state index contributed by atoms with van der Waals surface area (Å²) in [6.07, 6.45) is 6.37. The largest absolute Gasteiger partial charge is 0.505 e. The first kappa shape index (κ1) is 14.7. The average molecular weight is 221 g/mol. The Kier molecular flexibility index (Phi) is 7.34. The molecule has 3 N–H and O–H groups in total. The van der Waals surface area contributed by atoms with Crippen molar-refractivity contribution in [2.24, 2.45) is 0 Å². The van der Waals surface area contributed by atoms with Gasteiger partial charge in [-0.3, -0.25) is 0 Å². The van der Waals surface area contributed by atoms with E-state index in [-0.39, 0.29) is 0 Å². The smallest absolute Gasteiger partial charge is 0.422 e. The Morgan fingerprint density at radius 1 is 1.44 bits per heavy atom. The molecule has 0 saturated heterocycles. The van der Waals surface area contributed by atoms with Crippen molar-refractivity contribution < 1.29 is 10.0 Å². The van der Waals surface area contributed by atoms with E-state index in [1.807, 2.05) is 26.8 Å². The fourth-order valence-corrected chi connectivity index (χ4v) is 1.29. The van der Waals surface area contributed by atoms with Gasteiger partial charge >= 0.3 is 7.12 Å². The van der Waals surface area contributed by atoms with Crippen LogP contribution in [0, 0.1) is 0 Å². The van der Waals surface area contributed by atoms with Crippen molar-refractivity contribution in [3.63, 3.8) is 0 Å². The summed E-state index contributed by atoms with van der Waals surface area (Å²) in [5, 5.41) is 19.8. The van der Waals surface area contributed by atoms with Gasteiger partial charge in [-0.05, 0) is 23.8 Å². The molecule has 1 rings (SSSR count). The highest BCUT2D eigenvalue weighted by Gasteiger charge is 2.11. The minimum Gasteiger partial charge on any atom is -0.422 e. The summed E-state index contributed by atoms with van der Waals surface area (Å²) in [5.74, 6) is 0.